The minimum absolute atomic E-state index is 0.567. The molecule has 0 aliphatic carbocycles. The van der Waals surface area contributed by atoms with E-state index in [9.17, 15) is 0 Å². The van der Waals surface area contributed by atoms with Crippen LogP contribution in [0, 0.1) is 5.92 Å². The van der Waals surface area contributed by atoms with Crippen LogP contribution < -0.4 is 11.1 Å². The van der Waals surface area contributed by atoms with Gasteiger partial charge in [0.15, 0.2) is 5.96 Å². The van der Waals surface area contributed by atoms with Gasteiger partial charge in [0.05, 0.1) is 6.54 Å². The summed E-state index contributed by atoms with van der Waals surface area (Å²) in [6.07, 6.45) is 2.59. The van der Waals surface area contributed by atoms with E-state index in [4.69, 9.17) is 5.73 Å². The van der Waals surface area contributed by atoms with Crippen LogP contribution in [0.4, 0.5) is 0 Å². The molecule has 0 saturated carbocycles. The highest BCUT2D eigenvalue weighted by atomic mass is 32.2. The van der Waals surface area contributed by atoms with E-state index in [2.05, 4.69) is 34.2 Å². The van der Waals surface area contributed by atoms with Gasteiger partial charge in [0.25, 0.3) is 0 Å². The molecule has 18 heavy (non-hydrogen) atoms. The number of hydrogen-bond donors (Lipinski definition) is 2. The Bertz CT molecular complexity index is 372. The second-order valence-corrected chi connectivity index (χ2v) is 5.85. The van der Waals surface area contributed by atoms with Crippen molar-refractivity contribution >= 4 is 17.7 Å². The van der Waals surface area contributed by atoms with Gasteiger partial charge in [0.2, 0.25) is 0 Å². The largest absolute Gasteiger partial charge is 0.370 e. The van der Waals surface area contributed by atoms with Crippen LogP contribution in [0.1, 0.15) is 18.4 Å². The smallest absolute Gasteiger partial charge is 0.188 e. The highest BCUT2D eigenvalue weighted by Gasteiger charge is 2.13. The molecule has 0 bridgehead atoms. The van der Waals surface area contributed by atoms with Gasteiger partial charge in [-0.1, -0.05) is 30.3 Å². The van der Waals surface area contributed by atoms with E-state index in [-0.39, 0.29) is 0 Å². The summed E-state index contributed by atoms with van der Waals surface area (Å²) >= 11 is 2.05. The average molecular weight is 263 g/mol. The zero-order chi connectivity index (χ0) is 12.6. The molecule has 0 amide bonds. The van der Waals surface area contributed by atoms with Crippen LogP contribution in [0.2, 0.25) is 0 Å². The Hall–Kier alpha value is -1.16. The number of rotatable bonds is 4. The summed E-state index contributed by atoms with van der Waals surface area (Å²) in [7, 11) is 0. The van der Waals surface area contributed by atoms with Gasteiger partial charge in [-0.3, -0.25) is 0 Å². The Morgan fingerprint density at radius 1 is 1.28 bits per heavy atom. The third-order valence-corrected chi connectivity index (χ3v) is 4.24. The minimum atomic E-state index is 0.567. The number of nitrogens with two attached hydrogens (primary N) is 1. The fraction of sp³-hybridized carbons (Fsp3) is 0.500. The van der Waals surface area contributed by atoms with E-state index in [1.165, 1.54) is 29.9 Å². The zero-order valence-corrected chi connectivity index (χ0v) is 11.5. The lowest BCUT2D eigenvalue weighted by Crippen LogP contribution is -2.36. The van der Waals surface area contributed by atoms with Gasteiger partial charge in [-0.2, -0.15) is 11.8 Å². The van der Waals surface area contributed by atoms with Gasteiger partial charge in [-0.15, -0.1) is 0 Å². The lowest BCUT2D eigenvalue weighted by molar-refractivity contribution is 0.481. The Morgan fingerprint density at radius 2 is 2.00 bits per heavy atom. The Balaban J connectivity index is 1.72. The van der Waals surface area contributed by atoms with Gasteiger partial charge in [-0.25, -0.2) is 4.99 Å². The summed E-state index contributed by atoms with van der Waals surface area (Å²) in [5, 5.41) is 3.24. The number of aliphatic imine (C=N–C) groups is 1. The number of guanidine groups is 1. The number of hydrogen-bond acceptors (Lipinski definition) is 2. The Kier molecular flexibility index (Phi) is 5.39. The highest BCUT2D eigenvalue weighted by Crippen LogP contribution is 2.21. The molecule has 0 spiro atoms. The molecule has 3 N–H and O–H groups in total. The zero-order valence-electron chi connectivity index (χ0n) is 10.6. The van der Waals surface area contributed by atoms with Crippen molar-refractivity contribution in [3.05, 3.63) is 35.9 Å². The molecule has 0 unspecified atom stereocenters. The SMILES string of the molecule is NC(=NCc1ccccc1)NCC1CCSCC1. The fourth-order valence-electron chi connectivity index (χ4n) is 2.02. The van der Waals surface area contributed by atoms with Crippen molar-refractivity contribution in [2.75, 3.05) is 18.1 Å². The van der Waals surface area contributed by atoms with Gasteiger partial charge in [0, 0.05) is 6.54 Å². The van der Waals surface area contributed by atoms with E-state index >= 15 is 0 Å². The van der Waals surface area contributed by atoms with Crippen molar-refractivity contribution in [3.63, 3.8) is 0 Å². The summed E-state index contributed by atoms with van der Waals surface area (Å²) in [6, 6.07) is 10.2. The molecule has 1 fully saturated rings. The van der Waals surface area contributed by atoms with Gasteiger partial charge >= 0.3 is 0 Å². The van der Waals surface area contributed by atoms with E-state index in [1.54, 1.807) is 0 Å². The van der Waals surface area contributed by atoms with Crippen LogP contribution in [0.15, 0.2) is 35.3 Å². The van der Waals surface area contributed by atoms with Crippen molar-refractivity contribution in [1.82, 2.24) is 5.32 Å². The van der Waals surface area contributed by atoms with Crippen LogP contribution in [0.25, 0.3) is 0 Å². The lowest BCUT2D eigenvalue weighted by Gasteiger charge is -2.21. The summed E-state index contributed by atoms with van der Waals surface area (Å²) in [5.41, 5.74) is 7.06. The molecule has 1 heterocycles. The van der Waals surface area contributed by atoms with Gasteiger partial charge in [-0.05, 0) is 35.8 Å². The Morgan fingerprint density at radius 3 is 2.72 bits per heavy atom. The van der Waals surface area contributed by atoms with Crippen molar-refractivity contribution in [2.45, 2.75) is 19.4 Å². The highest BCUT2D eigenvalue weighted by molar-refractivity contribution is 7.99. The standard InChI is InChI=1S/C14H21N3S/c15-14(16-10-12-4-2-1-3-5-12)17-11-13-6-8-18-9-7-13/h1-5,13H,6-11H2,(H3,15,16,17). The summed E-state index contributed by atoms with van der Waals surface area (Å²) in [4.78, 5) is 4.36. The van der Waals surface area contributed by atoms with Crippen LogP contribution in [0.5, 0.6) is 0 Å². The van der Waals surface area contributed by atoms with Crippen LogP contribution in [0.3, 0.4) is 0 Å². The second kappa shape index (κ2) is 7.31. The average Bonchev–Trinajstić information content (AvgIpc) is 2.45. The molecular formula is C14H21N3S. The molecule has 4 heteroatoms. The summed E-state index contributed by atoms with van der Waals surface area (Å²) < 4.78 is 0. The molecule has 98 valence electrons. The summed E-state index contributed by atoms with van der Waals surface area (Å²) in [6.45, 7) is 1.62. The monoisotopic (exact) mass is 263 g/mol. The fourth-order valence-corrected chi connectivity index (χ4v) is 3.22. The predicted molar refractivity (Wildman–Crippen MR) is 79.8 cm³/mol. The van der Waals surface area contributed by atoms with Crippen molar-refractivity contribution < 1.29 is 0 Å². The van der Waals surface area contributed by atoms with Crippen LogP contribution in [-0.2, 0) is 6.54 Å². The van der Waals surface area contributed by atoms with Crippen molar-refractivity contribution in [1.29, 1.82) is 0 Å². The molecule has 3 nitrogen and oxygen atoms in total. The molecule has 1 aliphatic rings. The van der Waals surface area contributed by atoms with E-state index < -0.39 is 0 Å². The first-order valence-electron chi connectivity index (χ1n) is 6.50. The first-order valence-corrected chi connectivity index (χ1v) is 7.65. The molecule has 1 aromatic rings. The van der Waals surface area contributed by atoms with Gasteiger partial charge < -0.3 is 11.1 Å². The molecule has 1 aliphatic heterocycles. The predicted octanol–water partition coefficient (Wildman–Crippen LogP) is 2.23. The number of thioether (sulfide) groups is 1. The maximum Gasteiger partial charge on any atom is 0.188 e. The Labute approximate surface area is 113 Å². The molecule has 1 saturated heterocycles. The lowest BCUT2D eigenvalue weighted by atomic mass is 10.0. The maximum absolute atomic E-state index is 5.87. The number of benzene rings is 1. The third-order valence-electron chi connectivity index (χ3n) is 3.19. The van der Waals surface area contributed by atoms with Crippen LogP contribution >= 0.6 is 11.8 Å². The minimum Gasteiger partial charge on any atom is -0.370 e. The second-order valence-electron chi connectivity index (χ2n) is 4.62. The summed E-state index contributed by atoms with van der Waals surface area (Å²) in [5.74, 6) is 3.90. The molecule has 0 aromatic heterocycles. The molecule has 0 atom stereocenters. The molecule has 1 aromatic carbocycles. The molecule has 0 radical (unpaired) electrons. The van der Waals surface area contributed by atoms with E-state index in [1.807, 2.05) is 18.2 Å². The number of nitrogens with one attached hydrogen (secondary N) is 1. The van der Waals surface area contributed by atoms with Gasteiger partial charge in [0.1, 0.15) is 0 Å². The van der Waals surface area contributed by atoms with E-state index in [0.29, 0.717) is 12.5 Å². The first-order chi connectivity index (χ1) is 8.84. The van der Waals surface area contributed by atoms with Crippen molar-refractivity contribution in [2.24, 2.45) is 16.6 Å². The maximum atomic E-state index is 5.87. The topological polar surface area (TPSA) is 50.4 Å². The first kappa shape index (κ1) is 13.3. The van der Waals surface area contributed by atoms with Crippen molar-refractivity contribution in [3.8, 4) is 0 Å². The normalized spacial score (nSPS) is 17.7. The third kappa shape index (κ3) is 4.61. The molecular weight excluding hydrogens is 242 g/mol. The quantitative estimate of drug-likeness (QED) is 0.647. The van der Waals surface area contributed by atoms with E-state index in [0.717, 1.165) is 12.5 Å². The number of nitrogens with zero attached hydrogens (tertiary/aromatic N) is 1. The van der Waals surface area contributed by atoms with Crippen LogP contribution in [-0.4, -0.2) is 24.0 Å². The molecule has 2 rings (SSSR count).